The minimum Gasteiger partial charge on any atom is -0.371 e. The lowest BCUT2D eigenvalue weighted by atomic mass is 9.94. The number of aryl methyl sites for hydroxylation is 1. The Hall–Kier alpha value is -0.990. The molecule has 2 unspecified atom stereocenters. The van der Waals surface area contributed by atoms with E-state index in [1.165, 1.54) is 11.5 Å². The molecule has 0 spiro atoms. The molecule has 1 fully saturated rings. The number of rotatable bonds is 1. The maximum atomic E-state index is 8.98. The van der Waals surface area contributed by atoms with Crippen LogP contribution in [0.3, 0.4) is 0 Å². The van der Waals surface area contributed by atoms with Gasteiger partial charge in [0.05, 0.1) is 22.6 Å². The number of hydrogen-bond donors (Lipinski definition) is 0. The third kappa shape index (κ3) is 1.63. The van der Waals surface area contributed by atoms with Crippen molar-refractivity contribution >= 4 is 11.5 Å². The summed E-state index contributed by atoms with van der Waals surface area (Å²) in [6, 6.07) is 2.30. The van der Waals surface area contributed by atoms with Crippen LogP contribution in [-0.2, 0) is 4.74 Å². The van der Waals surface area contributed by atoms with E-state index in [9.17, 15) is 0 Å². The first-order chi connectivity index (χ1) is 6.83. The highest BCUT2D eigenvalue weighted by atomic mass is 32.1. The minimum absolute atomic E-state index is 0.0373. The van der Waals surface area contributed by atoms with E-state index in [1.807, 2.05) is 6.92 Å². The molecule has 0 saturated carbocycles. The van der Waals surface area contributed by atoms with E-state index in [0.717, 1.165) is 30.0 Å². The Balaban J connectivity index is 2.24. The SMILES string of the molecule is Cc1nnsc1C1OCCCC1C#N. The Bertz CT molecular complexity index is 357. The number of nitrogens with zero attached hydrogens (tertiary/aromatic N) is 3. The second-order valence-corrected chi connectivity index (χ2v) is 4.18. The van der Waals surface area contributed by atoms with Gasteiger partial charge in [-0.2, -0.15) is 5.26 Å². The molecule has 1 aromatic heterocycles. The number of aromatic nitrogens is 2. The summed E-state index contributed by atoms with van der Waals surface area (Å²) in [5.74, 6) is -0.0373. The molecule has 2 rings (SSSR count). The van der Waals surface area contributed by atoms with Gasteiger partial charge in [-0.1, -0.05) is 4.49 Å². The van der Waals surface area contributed by atoms with Crippen molar-refractivity contribution in [3.8, 4) is 6.07 Å². The molecular weight excluding hydrogens is 198 g/mol. The second-order valence-electron chi connectivity index (χ2n) is 3.39. The molecule has 0 aromatic carbocycles. The van der Waals surface area contributed by atoms with Crippen LogP contribution in [0.2, 0.25) is 0 Å². The Kier molecular flexibility index (Phi) is 2.75. The van der Waals surface area contributed by atoms with E-state index in [1.54, 1.807) is 0 Å². The summed E-state index contributed by atoms with van der Waals surface area (Å²) in [7, 11) is 0. The van der Waals surface area contributed by atoms with Gasteiger partial charge in [-0.25, -0.2) is 0 Å². The highest BCUT2D eigenvalue weighted by molar-refractivity contribution is 7.05. The van der Waals surface area contributed by atoms with Crippen LogP contribution in [0.4, 0.5) is 0 Å². The molecule has 74 valence electrons. The topological polar surface area (TPSA) is 58.8 Å². The smallest absolute Gasteiger partial charge is 0.111 e. The van der Waals surface area contributed by atoms with Crippen molar-refractivity contribution in [2.75, 3.05) is 6.61 Å². The Labute approximate surface area is 86.7 Å². The van der Waals surface area contributed by atoms with Crippen molar-refractivity contribution in [3.63, 3.8) is 0 Å². The summed E-state index contributed by atoms with van der Waals surface area (Å²) in [6.07, 6.45) is 1.78. The third-order valence-electron chi connectivity index (χ3n) is 2.43. The van der Waals surface area contributed by atoms with Crippen molar-refractivity contribution in [1.82, 2.24) is 9.59 Å². The summed E-state index contributed by atoms with van der Waals surface area (Å²) in [5.41, 5.74) is 0.891. The summed E-state index contributed by atoms with van der Waals surface area (Å²) < 4.78 is 9.48. The van der Waals surface area contributed by atoms with Crippen LogP contribution < -0.4 is 0 Å². The quantitative estimate of drug-likeness (QED) is 0.708. The molecule has 0 aliphatic carbocycles. The van der Waals surface area contributed by atoms with E-state index in [2.05, 4.69) is 15.7 Å². The molecule has 1 aliphatic heterocycles. The second kappa shape index (κ2) is 4.03. The zero-order chi connectivity index (χ0) is 9.97. The average molecular weight is 209 g/mol. The standard InChI is InChI=1S/C9H11N3OS/c1-6-9(14-12-11-6)8-7(5-10)3-2-4-13-8/h7-8H,2-4H2,1H3. The van der Waals surface area contributed by atoms with Gasteiger partial charge in [0.15, 0.2) is 0 Å². The van der Waals surface area contributed by atoms with Crippen molar-refractivity contribution in [2.24, 2.45) is 5.92 Å². The molecule has 0 bridgehead atoms. The zero-order valence-corrected chi connectivity index (χ0v) is 8.75. The van der Waals surface area contributed by atoms with Gasteiger partial charge >= 0.3 is 0 Å². The number of hydrogen-bond acceptors (Lipinski definition) is 5. The lowest BCUT2D eigenvalue weighted by Gasteiger charge is -2.26. The van der Waals surface area contributed by atoms with Gasteiger partial charge in [0.2, 0.25) is 0 Å². The Morgan fingerprint density at radius 1 is 1.64 bits per heavy atom. The maximum Gasteiger partial charge on any atom is 0.111 e. The van der Waals surface area contributed by atoms with Gasteiger partial charge in [-0.3, -0.25) is 0 Å². The first kappa shape index (κ1) is 9.56. The summed E-state index contributed by atoms with van der Waals surface area (Å²) in [5, 5.41) is 12.9. The minimum atomic E-state index is -0.103. The summed E-state index contributed by atoms with van der Waals surface area (Å²) >= 11 is 1.34. The van der Waals surface area contributed by atoms with Crippen molar-refractivity contribution in [2.45, 2.75) is 25.9 Å². The lowest BCUT2D eigenvalue weighted by Crippen LogP contribution is -2.21. The molecule has 0 amide bonds. The molecule has 0 N–H and O–H groups in total. The van der Waals surface area contributed by atoms with Crippen LogP contribution in [0, 0.1) is 24.2 Å². The normalized spacial score (nSPS) is 27.1. The van der Waals surface area contributed by atoms with Crippen LogP contribution >= 0.6 is 11.5 Å². The molecule has 5 heteroatoms. The monoisotopic (exact) mass is 209 g/mol. The zero-order valence-electron chi connectivity index (χ0n) is 7.93. The Morgan fingerprint density at radius 2 is 2.50 bits per heavy atom. The molecular formula is C9H11N3OS. The number of ether oxygens (including phenoxy) is 1. The third-order valence-corrected chi connectivity index (χ3v) is 3.32. The molecule has 2 atom stereocenters. The largest absolute Gasteiger partial charge is 0.371 e. The highest BCUT2D eigenvalue weighted by Crippen LogP contribution is 2.35. The van der Waals surface area contributed by atoms with E-state index in [0.29, 0.717) is 0 Å². The maximum absolute atomic E-state index is 8.98. The van der Waals surface area contributed by atoms with E-state index >= 15 is 0 Å². The molecule has 2 heterocycles. The van der Waals surface area contributed by atoms with E-state index in [4.69, 9.17) is 10.00 Å². The first-order valence-electron chi connectivity index (χ1n) is 4.63. The van der Waals surface area contributed by atoms with Crippen LogP contribution in [0.5, 0.6) is 0 Å². The highest BCUT2D eigenvalue weighted by Gasteiger charge is 2.30. The molecule has 1 saturated heterocycles. The van der Waals surface area contributed by atoms with Gasteiger partial charge in [0, 0.05) is 6.61 Å². The molecule has 0 radical (unpaired) electrons. The Morgan fingerprint density at radius 3 is 3.14 bits per heavy atom. The average Bonchev–Trinajstić information content (AvgIpc) is 2.64. The van der Waals surface area contributed by atoms with Crippen molar-refractivity contribution in [1.29, 1.82) is 5.26 Å². The molecule has 1 aliphatic rings. The van der Waals surface area contributed by atoms with Crippen LogP contribution in [0.15, 0.2) is 0 Å². The first-order valence-corrected chi connectivity index (χ1v) is 5.40. The van der Waals surface area contributed by atoms with Crippen LogP contribution in [-0.4, -0.2) is 16.2 Å². The lowest BCUT2D eigenvalue weighted by molar-refractivity contribution is -0.00838. The predicted octanol–water partition coefficient (Wildman–Crippen LogP) is 1.84. The van der Waals surface area contributed by atoms with Crippen LogP contribution in [0.25, 0.3) is 0 Å². The van der Waals surface area contributed by atoms with Gasteiger partial charge in [0.25, 0.3) is 0 Å². The summed E-state index contributed by atoms with van der Waals surface area (Å²) in [6.45, 7) is 2.64. The molecule has 4 nitrogen and oxygen atoms in total. The fraction of sp³-hybridized carbons (Fsp3) is 0.667. The van der Waals surface area contributed by atoms with Gasteiger partial charge in [-0.05, 0) is 31.3 Å². The van der Waals surface area contributed by atoms with E-state index < -0.39 is 0 Å². The van der Waals surface area contributed by atoms with Gasteiger partial charge < -0.3 is 4.74 Å². The molecule has 14 heavy (non-hydrogen) atoms. The van der Waals surface area contributed by atoms with Gasteiger partial charge in [-0.15, -0.1) is 5.10 Å². The van der Waals surface area contributed by atoms with E-state index in [-0.39, 0.29) is 12.0 Å². The fourth-order valence-electron chi connectivity index (χ4n) is 1.67. The number of nitriles is 1. The van der Waals surface area contributed by atoms with Gasteiger partial charge in [0.1, 0.15) is 6.10 Å². The fourth-order valence-corrected chi connectivity index (χ4v) is 2.43. The van der Waals surface area contributed by atoms with Crippen LogP contribution in [0.1, 0.15) is 29.5 Å². The predicted molar refractivity (Wildman–Crippen MR) is 51.7 cm³/mol. The van der Waals surface area contributed by atoms with Crippen molar-refractivity contribution < 1.29 is 4.74 Å². The molecule has 1 aromatic rings. The summed E-state index contributed by atoms with van der Waals surface area (Å²) in [4.78, 5) is 1.01. The van der Waals surface area contributed by atoms with Crippen molar-refractivity contribution in [3.05, 3.63) is 10.6 Å².